The predicted molar refractivity (Wildman–Crippen MR) is 70.6 cm³/mol. The number of hydrogen-bond donors (Lipinski definition) is 1. The third-order valence-electron chi connectivity index (χ3n) is 1.07. The molecule has 0 saturated carbocycles. The molecule has 1 unspecified atom stereocenters. The van der Waals surface area contributed by atoms with E-state index < -0.39 is 0 Å². The smallest absolute Gasteiger partial charge is 0.0646 e. The topological polar surface area (TPSA) is 45.0 Å². The van der Waals surface area contributed by atoms with Crippen molar-refractivity contribution in [1.29, 1.82) is 5.26 Å². The SMILES string of the molecule is CC.CCNC(C)C.CPOCCC#N. The summed E-state index contributed by atoms with van der Waals surface area (Å²) in [6, 6.07) is 2.63. The van der Waals surface area contributed by atoms with Crippen molar-refractivity contribution >= 4 is 8.81 Å². The molecule has 3 nitrogen and oxygen atoms in total. The Morgan fingerprint density at radius 1 is 1.40 bits per heavy atom. The van der Waals surface area contributed by atoms with Crippen molar-refractivity contribution in [3.05, 3.63) is 0 Å². The number of nitrogens with zero attached hydrogens (tertiary/aromatic N) is 1. The van der Waals surface area contributed by atoms with E-state index in [-0.39, 0.29) is 0 Å². The summed E-state index contributed by atoms with van der Waals surface area (Å²) in [4.78, 5) is 0. The lowest BCUT2D eigenvalue weighted by Gasteiger charge is -2.00. The minimum Gasteiger partial charge on any atom is -0.362 e. The van der Waals surface area contributed by atoms with Gasteiger partial charge in [0.1, 0.15) is 0 Å². The Balaban J connectivity index is -0.000000166. The molecular weight excluding hydrogens is 207 g/mol. The first-order chi connectivity index (χ1) is 7.18. The van der Waals surface area contributed by atoms with Gasteiger partial charge in [-0.05, 0) is 13.2 Å². The second-order valence-corrected chi connectivity index (χ2v) is 3.37. The Hall–Kier alpha value is -0.160. The zero-order valence-corrected chi connectivity index (χ0v) is 12.1. The molecule has 0 rings (SSSR count). The first kappa shape index (κ1) is 20.3. The Bertz CT molecular complexity index is 124. The van der Waals surface area contributed by atoms with Gasteiger partial charge in [0.05, 0.1) is 19.1 Å². The molecule has 0 aliphatic carbocycles. The van der Waals surface area contributed by atoms with Gasteiger partial charge < -0.3 is 9.84 Å². The zero-order valence-electron chi connectivity index (χ0n) is 11.1. The summed E-state index contributed by atoms with van der Waals surface area (Å²) in [6.45, 7) is 14.0. The van der Waals surface area contributed by atoms with Gasteiger partial charge in [0.15, 0.2) is 0 Å². The lowest BCUT2D eigenvalue weighted by Crippen LogP contribution is -2.21. The van der Waals surface area contributed by atoms with E-state index in [1.807, 2.05) is 26.6 Å². The second-order valence-electron chi connectivity index (χ2n) is 2.67. The van der Waals surface area contributed by atoms with Gasteiger partial charge in [0.2, 0.25) is 0 Å². The quantitative estimate of drug-likeness (QED) is 0.587. The third kappa shape index (κ3) is 41.5. The van der Waals surface area contributed by atoms with E-state index in [1.54, 1.807) is 0 Å². The highest BCUT2D eigenvalue weighted by molar-refractivity contribution is 7.31. The van der Waals surface area contributed by atoms with Gasteiger partial charge in [-0.15, -0.1) is 0 Å². The van der Waals surface area contributed by atoms with Crippen molar-refractivity contribution in [2.75, 3.05) is 19.8 Å². The molecule has 0 saturated heterocycles. The van der Waals surface area contributed by atoms with Crippen LogP contribution < -0.4 is 5.32 Å². The van der Waals surface area contributed by atoms with E-state index in [0.717, 1.165) is 6.54 Å². The van der Waals surface area contributed by atoms with Crippen LogP contribution in [0.1, 0.15) is 41.0 Å². The van der Waals surface area contributed by atoms with Crippen LogP contribution in [-0.2, 0) is 4.52 Å². The first-order valence-corrected chi connectivity index (χ1v) is 6.98. The van der Waals surface area contributed by atoms with E-state index in [9.17, 15) is 0 Å². The van der Waals surface area contributed by atoms with Gasteiger partial charge in [-0.25, -0.2) is 0 Å². The summed E-state index contributed by atoms with van der Waals surface area (Å²) in [5.41, 5.74) is 0. The maximum Gasteiger partial charge on any atom is 0.0646 e. The largest absolute Gasteiger partial charge is 0.362 e. The van der Waals surface area contributed by atoms with E-state index in [4.69, 9.17) is 9.79 Å². The molecule has 0 aromatic heterocycles. The van der Waals surface area contributed by atoms with Crippen molar-refractivity contribution in [1.82, 2.24) is 5.32 Å². The van der Waals surface area contributed by atoms with Crippen LogP contribution >= 0.6 is 8.81 Å². The Labute approximate surface area is 97.5 Å². The molecule has 0 aliphatic heterocycles. The fourth-order valence-electron chi connectivity index (χ4n) is 0.607. The molecule has 0 amide bonds. The standard InChI is InChI=1S/C5H13N.C4H8NOP.C2H6/c1-4-6-5(2)3;1-7-6-4-2-3-5;1-2/h5-6H,4H2,1-3H3;7H,2,4H2,1H3;1-2H3. The summed E-state index contributed by atoms with van der Waals surface area (Å²) in [6.07, 6.45) is 0.515. The summed E-state index contributed by atoms with van der Waals surface area (Å²) in [5.74, 6) is 0. The highest BCUT2D eigenvalue weighted by Crippen LogP contribution is 2.02. The average Bonchev–Trinajstić information content (AvgIpc) is 2.22. The molecule has 1 atom stereocenters. The fraction of sp³-hybridized carbons (Fsp3) is 0.909. The number of hydrogen-bond acceptors (Lipinski definition) is 3. The molecule has 1 N–H and O–H groups in total. The maximum absolute atomic E-state index is 7.97. The van der Waals surface area contributed by atoms with Crippen LogP contribution in [0.15, 0.2) is 0 Å². The van der Waals surface area contributed by atoms with Crippen LogP contribution in [0.25, 0.3) is 0 Å². The summed E-state index contributed by atoms with van der Waals surface area (Å²) in [7, 11) is 0.517. The van der Waals surface area contributed by atoms with E-state index in [2.05, 4.69) is 26.1 Å². The zero-order chi connectivity index (χ0) is 12.5. The monoisotopic (exact) mass is 234 g/mol. The van der Waals surface area contributed by atoms with Crippen LogP contribution in [-0.4, -0.2) is 25.9 Å². The molecule has 0 fully saturated rings. The molecule has 0 radical (unpaired) electrons. The predicted octanol–water partition coefficient (Wildman–Crippen LogP) is 3.17. The van der Waals surface area contributed by atoms with Gasteiger partial charge in [-0.3, -0.25) is 0 Å². The van der Waals surface area contributed by atoms with Gasteiger partial charge in [-0.2, -0.15) is 5.26 Å². The van der Waals surface area contributed by atoms with Gasteiger partial charge in [0.25, 0.3) is 0 Å². The Kier molecular flexibility index (Phi) is 31.9. The summed E-state index contributed by atoms with van der Waals surface area (Å²) < 4.78 is 4.88. The van der Waals surface area contributed by atoms with Crippen molar-refractivity contribution in [2.24, 2.45) is 0 Å². The highest BCUT2D eigenvalue weighted by atomic mass is 31.1. The molecule has 0 aliphatic rings. The van der Waals surface area contributed by atoms with Gasteiger partial charge in [-0.1, -0.05) is 34.6 Å². The highest BCUT2D eigenvalue weighted by Gasteiger charge is 1.82. The van der Waals surface area contributed by atoms with Crippen molar-refractivity contribution in [3.63, 3.8) is 0 Å². The van der Waals surface area contributed by atoms with Crippen LogP contribution in [0, 0.1) is 11.3 Å². The number of nitrogens with one attached hydrogen (secondary N) is 1. The first-order valence-electron chi connectivity index (χ1n) is 5.57. The average molecular weight is 234 g/mol. The lowest BCUT2D eigenvalue weighted by molar-refractivity contribution is 0.376. The van der Waals surface area contributed by atoms with Gasteiger partial charge in [0, 0.05) is 14.8 Å². The number of rotatable bonds is 5. The summed E-state index contributed by atoms with van der Waals surface area (Å²) >= 11 is 0. The molecular formula is C11H27N2OP. The molecule has 4 heteroatoms. The Morgan fingerprint density at radius 3 is 2.13 bits per heavy atom. The molecule has 0 spiro atoms. The molecule has 15 heavy (non-hydrogen) atoms. The minimum absolute atomic E-state index is 0.515. The van der Waals surface area contributed by atoms with E-state index in [1.165, 1.54) is 0 Å². The van der Waals surface area contributed by atoms with Gasteiger partial charge >= 0.3 is 0 Å². The molecule has 0 aromatic carbocycles. The lowest BCUT2D eigenvalue weighted by atomic mass is 10.4. The van der Waals surface area contributed by atoms with Crippen molar-refractivity contribution < 1.29 is 4.52 Å². The molecule has 0 heterocycles. The normalized spacial score (nSPS) is 8.93. The van der Waals surface area contributed by atoms with Crippen LogP contribution in [0.3, 0.4) is 0 Å². The minimum atomic E-state index is 0.515. The molecule has 92 valence electrons. The van der Waals surface area contributed by atoms with E-state index >= 15 is 0 Å². The van der Waals surface area contributed by atoms with Crippen molar-refractivity contribution in [3.8, 4) is 6.07 Å². The van der Waals surface area contributed by atoms with E-state index in [0.29, 0.717) is 27.9 Å². The van der Waals surface area contributed by atoms with Crippen LogP contribution in [0.4, 0.5) is 0 Å². The molecule has 0 bridgehead atoms. The van der Waals surface area contributed by atoms with Crippen LogP contribution in [0.5, 0.6) is 0 Å². The second kappa shape index (κ2) is 23.6. The molecule has 0 aromatic rings. The summed E-state index contributed by atoms with van der Waals surface area (Å²) in [5, 5.41) is 11.2. The fourth-order valence-corrected chi connectivity index (χ4v) is 0.913. The third-order valence-corrected chi connectivity index (χ3v) is 1.57. The van der Waals surface area contributed by atoms with Crippen LogP contribution in [0.2, 0.25) is 0 Å². The van der Waals surface area contributed by atoms with Crippen molar-refractivity contribution in [2.45, 2.75) is 47.1 Å². The number of nitriles is 1. The maximum atomic E-state index is 7.97. The Morgan fingerprint density at radius 2 is 1.93 bits per heavy atom.